The summed E-state index contributed by atoms with van der Waals surface area (Å²) >= 11 is 1.66. The van der Waals surface area contributed by atoms with Crippen LogP contribution in [0.3, 0.4) is 0 Å². The number of carboxylic acids is 1. The summed E-state index contributed by atoms with van der Waals surface area (Å²) in [5, 5.41) is 15.0. The van der Waals surface area contributed by atoms with E-state index in [0.29, 0.717) is 0 Å². The second kappa shape index (κ2) is 7.70. The number of rotatable bonds is 5. The first-order chi connectivity index (χ1) is 11.7. The van der Waals surface area contributed by atoms with Crippen molar-refractivity contribution < 1.29 is 9.90 Å². The minimum Gasteiger partial charge on any atom is -0.478 e. The van der Waals surface area contributed by atoms with Gasteiger partial charge in [-0.05, 0) is 48.0 Å². The Morgan fingerprint density at radius 1 is 1.12 bits per heavy atom. The van der Waals surface area contributed by atoms with E-state index in [-0.39, 0.29) is 0 Å². The second-order valence-corrected chi connectivity index (χ2v) is 6.30. The average molecular weight is 339 g/mol. The van der Waals surface area contributed by atoms with Crippen LogP contribution >= 0.6 is 11.8 Å². The van der Waals surface area contributed by atoms with E-state index in [2.05, 4.69) is 27.8 Å². The van der Waals surface area contributed by atoms with Gasteiger partial charge in [-0.2, -0.15) is 0 Å². The van der Waals surface area contributed by atoms with Crippen LogP contribution in [0.1, 0.15) is 5.56 Å². The fourth-order valence-corrected chi connectivity index (χ4v) is 2.99. The number of hydrogen-bond acceptors (Lipinski definition) is 5. The Balaban J connectivity index is 1.60. The highest BCUT2D eigenvalue weighted by molar-refractivity contribution is 7.99. The number of nitrogens with zero attached hydrogens (tertiary/aromatic N) is 1. The van der Waals surface area contributed by atoms with Crippen LogP contribution in [0.15, 0.2) is 69.4 Å². The molecule has 5 nitrogen and oxygen atoms in total. The van der Waals surface area contributed by atoms with E-state index in [1.165, 1.54) is 0 Å². The molecule has 0 radical (unpaired) electrons. The number of nitrogens with one attached hydrogen (secondary N) is 2. The Kier molecular flexibility index (Phi) is 5.18. The maximum Gasteiger partial charge on any atom is 0.328 e. The van der Waals surface area contributed by atoms with Crippen molar-refractivity contribution in [2.24, 2.45) is 4.99 Å². The lowest BCUT2D eigenvalue weighted by Crippen LogP contribution is -2.26. The number of carboxylic acid groups (broad SMARTS) is 1. The molecule has 1 aliphatic heterocycles. The summed E-state index contributed by atoms with van der Waals surface area (Å²) in [6.45, 7) is 1.70. The number of guanidine groups is 1. The maximum absolute atomic E-state index is 10.5. The second-order valence-electron chi connectivity index (χ2n) is 5.15. The summed E-state index contributed by atoms with van der Waals surface area (Å²) < 4.78 is 0. The Labute approximate surface area is 144 Å². The van der Waals surface area contributed by atoms with Gasteiger partial charge in [-0.1, -0.05) is 23.9 Å². The van der Waals surface area contributed by atoms with E-state index in [1.54, 1.807) is 17.8 Å². The maximum atomic E-state index is 10.5. The molecule has 24 heavy (non-hydrogen) atoms. The molecule has 2 aromatic carbocycles. The van der Waals surface area contributed by atoms with Gasteiger partial charge in [-0.15, -0.1) is 0 Å². The van der Waals surface area contributed by atoms with Gasteiger partial charge < -0.3 is 15.7 Å². The van der Waals surface area contributed by atoms with Gasteiger partial charge in [-0.3, -0.25) is 4.99 Å². The van der Waals surface area contributed by atoms with Crippen LogP contribution in [0, 0.1) is 0 Å². The molecule has 1 heterocycles. The van der Waals surface area contributed by atoms with E-state index < -0.39 is 5.97 Å². The predicted octanol–water partition coefficient (Wildman–Crippen LogP) is 3.31. The summed E-state index contributed by atoms with van der Waals surface area (Å²) in [5.41, 5.74) is 1.87. The molecule has 1 aliphatic rings. The molecule has 0 atom stereocenters. The lowest BCUT2D eigenvalue weighted by atomic mass is 10.2. The first-order valence-corrected chi connectivity index (χ1v) is 8.35. The molecule has 122 valence electrons. The molecule has 0 saturated carbocycles. The van der Waals surface area contributed by atoms with Gasteiger partial charge in [0.2, 0.25) is 0 Å². The van der Waals surface area contributed by atoms with Crippen LogP contribution < -0.4 is 10.6 Å². The first kappa shape index (κ1) is 16.1. The third-order valence-electron chi connectivity index (χ3n) is 3.33. The van der Waals surface area contributed by atoms with Crippen molar-refractivity contribution in [3.8, 4) is 0 Å². The Morgan fingerprint density at radius 2 is 1.79 bits per heavy atom. The molecular formula is C18H17N3O2S. The minimum atomic E-state index is -0.944. The van der Waals surface area contributed by atoms with E-state index >= 15 is 0 Å². The van der Waals surface area contributed by atoms with E-state index in [1.807, 2.05) is 36.4 Å². The van der Waals surface area contributed by atoms with Crippen molar-refractivity contribution in [3.63, 3.8) is 0 Å². The van der Waals surface area contributed by atoms with Crippen molar-refractivity contribution >= 4 is 35.5 Å². The topological polar surface area (TPSA) is 73.7 Å². The molecule has 0 amide bonds. The van der Waals surface area contributed by atoms with E-state index in [0.717, 1.165) is 46.2 Å². The molecule has 6 heteroatoms. The Hall–Kier alpha value is -2.73. The van der Waals surface area contributed by atoms with E-state index in [4.69, 9.17) is 5.11 Å². The van der Waals surface area contributed by atoms with Crippen molar-refractivity contribution in [2.75, 3.05) is 18.4 Å². The zero-order valence-electron chi connectivity index (χ0n) is 12.9. The molecule has 0 aromatic heterocycles. The van der Waals surface area contributed by atoms with E-state index in [9.17, 15) is 4.79 Å². The predicted molar refractivity (Wildman–Crippen MR) is 97.6 cm³/mol. The van der Waals surface area contributed by atoms with Gasteiger partial charge in [0.25, 0.3) is 0 Å². The number of carbonyl (C=O) groups is 1. The average Bonchev–Trinajstić information content (AvgIpc) is 3.09. The number of hydrogen-bond donors (Lipinski definition) is 3. The van der Waals surface area contributed by atoms with Gasteiger partial charge in [0.1, 0.15) is 0 Å². The fourth-order valence-electron chi connectivity index (χ4n) is 2.18. The highest BCUT2D eigenvalue weighted by Gasteiger charge is 2.05. The van der Waals surface area contributed by atoms with Crippen LogP contribution in [-0.4, -0.2) is 30.1 Å². The highest BCUT2D eigenvalue weighted by atomic mass is 32.2. The number of benzene rings is 2. The molecule has 0 fully saturated rings. The molecule has 3 N–H and O–H groups in total. The molecule has 3 rings (SSSR count). The SMILES string of the molecule is O=C(O)/C=C/c1ccc(Sc2ccc(NC3=NCCN3)cc2)cc1. The molecule has 2 aromatic rings. The summed E-state index contributed by atoms with van der Waals surface area (Å²) in [5.74, 6) is -0.124. The van der Waals surface area contributed by atoms with Gasteiger partial charge in [0.15, 0.2) is 5.96 Å². The molecular weight excluding hydrogens is 322 g/mol. The Morgan fingerprint density at radius 3 is 2.38 bits per heavy atom. The van der Waals surface area contributed by atoms with Crippen molar-refractivity contribution in [1.29, 1.82) is 0 Å². The summed E-state index contributed by atoms with van der Waals surface area (Å²) in [6.07, 6.45) is 2.72. The third kappa shape index (κ3) is 4.63. The van der Waals surface area contributed by atoms with Crippen molar-refractivity contribution in [3.05, 3.63) is 60.2 Å². The molecule has 0 unspecified atom stereocenters. The van der Waals surface area contributed by atoms with Crippen molar-refractivity contribution in [2.45, 2.75) is 9.79 Å². The monoisotopic (exact) mass is 339 g/mol. The Bertz CT molecular complexity index is 768. The zero-order valence-corrected chi connectivity index (χ0v) is 13.7. The van der Waals surface area contributed by atoms with Gasteiger partial charge >= 0.3 is 5.97 Å². The normalized spacial score (nSPS) is 13.6. The van der Waals surface area contributed by atoms with Gasteiger partial charge in [-0.25, -0.2) is 4.79 Å². The van der Waals surface area contributed by atoms with Crippen LogP contribution in [0.2, 0.25) is 0 Å². The molecule has 0 aliphatic carbocycles. The largest absolute Gasteiger partial charge is 0.478 e. The van der Waals surface area contributed by atoms with Crippen LogP contribution in [0.5, 0.6) is 0 Å². The van der Waals surface area contributed by atoms with Crippen molar-refractivity contribution in [1.82, 2.24) is 5.32 Å². The minimum absolute atomic E-state index is 0.813. The van der Waals surface area contributed by atoms with Crippen LogP contribution in [-0.2, 0) is 4.79 Å². The highest BCUT2D eigenvalue weighted by Crippen LogP contribution is 2.28. The van der Waals surface area contributed by atoms with Crippen LogP contribution in [0.25, 0.3) is 6.08 Å². The van der Waals surface area contributed by atoms with Crippen LogP contribution in [0.4, 0.5) is 5.69 Å². The third-order valence-corrected chi connectivity index (χ3v) is 4.34. The summed E-state index contributed by atoms with van der Waals surface area (Å²) in [7, 11) is 0. The summed E-state index contributed by atoms with van der Waals surface area (Å²) in [6, 6.07) is 15.9. The molecule has 0 saturated heterocycles. The standard InChI is InChI=1S/C18H17N3O2S/c22-17(23)10-3-13-1-6-15(7-2-13)24-16-8-4-14(5-9-16)21-18-19-11-12-20-18/h1-10H,11-12H2,(H,22,23)(H2,19,20,21)/b10-3+. The molecule has 0 bridgehead atoms. The quantitative estimate of drug-likeness (QED) is 0.729. The zero-order chi connectivity index (χ0) is 16.8. The molecule has 0 spiro atoms. The lowest BCUT2D eigenvalue weighted by Gasteiger charge is -2.07. The van der Waals surface area contributed by atoms with Gasteiger partial charge in [0, 0.05) is 28.1 Å². The fraction of sp³-hybridized carbons (Fsp3) is 0.111. The summed E-state index contributed by atoms with van der Waals surface area (Å²) in [4.78, 5) is 17.0. The lowest BCUT2D eigenvalue weighted by molar-refractivity contribution is -0.131. The first-order valence-electron chi connectivity index (χ1n) is 7.53. The number of aliphatic imine (C=N–C) groups is 1. The smallest absolute Gasteiger partial charge is 0.328 e. The number of aliphatic carboxylic acids is 1. The van der Waals surface area contributed by atoms with Gasteiger partial charge in [0.05, 0.1) is 6.54 Å². The number of anilines is 1.